The normalized spacial score (nSPS) is 10.6. The number of rotatable bonds is 5. The lowest BCUT2D eigenvalue weighted by Gasteiger charge is -2.12. The van der Waals surface area contributed by atoms with E-state index >= 15 is 0 Å². The number of pyridine rings is 1. The second kappa shape index (κ2) is 7.62. The summed E-state index contributed by atoms with van der Waals surface area (Å²) in [6, 6.07) is 11.2. The van der Waals surface area contributed by atoms with Gasteiger partial charge in [-0.2, -0.15) is 0 Å². The van der Waals surface area contributed by atoms with Gasteiger partial charge in [0.1, 0.15) is 0 Å². The van der Waals surface area contributed by atoms with E-state index in [0.717, 1.165) is 0 Å². The Morgan fingerprint density at radius 3 is 2.54 bits per heavy atom. The van der Waals surface area contributed by atoms with Gasteiger partial charge in [0.25, 0.3) is 0 Å². The van der Waals surface area contributed by atoms with Crippen LogP contribution < -0.4 is 4.74 Å². The Morgan fingerprint density at radius 1 is 1.08 bits per heavy atom. The van der Waals surface area contributed by atoms with Crippen molar-refractivity contribution in [3.05, 3.63) is 82.1 Å². The third-order valence-corrected chi connectivity index (χ3v) is 4.47. The second-order valence-electron chi connectivity index (χ2n) is 5.56. The molecule has 1 aromatic heterocycles. The minimum absolute atomic E-state index is 0.0684. The summed E-state index contributed by atoms with van der Waals surface area (Å²) < 4.78 is 33.8. The maximum atomic E-state index is 14.6. The van der Waals surface area contributed by atoms with E-state index in [9.17, 15) is 13.6 Å². The number of aromatic nitrogens is 1. The fourth-order valence-corrected chi connectivity index (χ4v) is 2.99. The van der Waals surface area contributed by atoms with E-state index in [4.69, 9.17) is 16.3 Å². The van der Waals surface area contributed by atoms with Crippen molar-refractivity contribution in [2.24, 2.45) is 0 Å². The lowest BCUT2D eigenvalue weighted by molar-refractivity contribution is 0.111. The molecule has 0 atom stereocenters. The quantitative estimate of drug-likeness (QED) is 0.584. The van der Waals surface area contributed by atoms with Gasteiger partial charge in [-0.25, -0.2) is 8.78 Å². The molecular formula is C20H14ClF2NO2. The van der Waals surface area contributed by atoms with Gasteiger partial charge in [0, 0.05) is 23.7 Å². The summed E-state index contributed by atoms with van der Waals surface area (Å²) >= 11 is 6.46. The van der Waals surface area contributed by atoms with Crippen LogP contribution in [0.1, 0.15) is 21.6 Å². The molecule has 0 amide bonds. The Balaban J connectivity index is 2.05. The number of carbonyl (C=O) groups is 1. The lowest BCUT2D eigenvalue weighted by Crippen LogP contribution is -2.01. The van der Waals surface area contributed by atoms with Crippen LogP contribution in [-0.4, -0.2) is 18.4 Å². The molecule has 2 aromatic carbocycles. The first-order valence-electron chi connectivity index (χ1n) is 7.75. The maximum absolute atomic E-state index is 14.6. The highest BCUT2D eigenvalue weighted by molar-refractivity contribution is 6.34. The van der Waals surface area contributed by atoms with Crippen LogP contribution in [0, 0.1) is 11.6 Å². The molecule has 0 radical (unpaired) electrons. The van der Waals surface area contributed by atoms with E-state index in [1.165, 1.54) is 25.4 Å². The van der Waals surface area contributed by atoms with Gasteiger partial charge in [-0.05, 0) is 17.7 Å². The van der Waals surface area contributed by atoms with Gasteiger partial charge >= 0.3 is 0 Å². The minimum Gasteiger partial charge on any atom is -0.494 e. The topological polar surface area (TPSA) is 39.2 Å². The van der Waals surface area contributed by atoms with Gasteiger partial charge in [0.2, 0.25) is 0 Å². The number of nitrogens with zero attached hydrogens (tertiary/aromatic N) is 1. The van der Waals surface area contributed by atoms with Crippen LogP contribution in [0.25, 0.3) is 11.1 Å². The predicted octanol–water partition coefficient (Wildman–Crippen LogP) is 5.09. The summed E-state index contributed by atoms with van der Waals surface area (Å²) in [6.07, 6.45) is 1.87. The zero-order valence-corrected chi connectivity index (χ0v) is 14.6. The predicted molar refractivity (Wildman–Crippen MR) is 95.8 cm³/mol. The molecule has 0 unspecified atom stereocenters. The summed E-state index contributed by atoms with van der Waals surface area (Å²) in [5, 5.41) is 0.289. The smallest absolute Gasteiger partial charge is 0.172 e. The van der Waals surface area contributed by atoms with Gasteiger partial charge in [-0.1, -0.05) is 41.9 Å². The van der Waals surface area contributed by atoms with E-state index in [2.05, 4.69) is 4.98 Å². The van der Waals surface area contributed by atoms with E-state index in [1.807, 2.05) is 0 Å². The average molecular weight is 374 g/mol. The molecule has 3 rings (SSSR count). The van der Waals surface area contributed by atoms with Crippen molar-refractivity contribution in [1.82, 2.24) is 4.98 Å². The summed E-state index contributed by atoms with van der Waals surface area (Å²) in [5.41, 5.74) is 1.35. The fourth-order valence-electron chi connectivity index (χ4n) is 2.70. The van der Waals surface area contributed by atoms with Crippen molar-refractivity contribution in [2.45, 2.75) is 6.42 Å². The molecule has 3 aromatic rings. The number of aldehydes is 1. The van der Waals surface area contributed by atoms with Crippen molar-refractivity contribution in [2.75, 3.05) is 7.11 Å². The van der Waals surface area contributed by atoms with Crippen molar-refractivity contribution in [3.8, 4) is 16.9 Å². The highest BCUT2D eigenvalue weighted by Gasteiger charge is 2.17. The molecular weight excluding hydrogens is 360 g/mol. The van der Waals surface area contributed by atoms with Crippen LogP contribution in [0.3, 0.4) is 0 Å². The summed E-state index contributed by atoms with van der Waals surface area (Å²) in [7, 11) is 1.38. The van der Waals surface area contributed by atoms with Gasteiger partial charge in [-0.3, -0.25) is 9.78 Å². The zero-order valence-electron chi connectivity index (χ0n) is 13.8. The molecule has 0 aliphatic rings. The largest absolute Gasteiger partial charge is 0.494 e. The van der Waals surface area contributed by atoms with Crippen molar-refractivity contribution in [3.63, 3.8) is 0 Å². The number of hydrogen-bond donors (Lipinski definition) is 0. The number of halogens is 3. The van der Waals surface area contributed by atoms with Crippen LogP contribution >= 0.6 is 11.6 Å². The van der Waals surface area contributed by atoms with Crippen LogP contribution in [0.5, 0.6) is 5.75 Å². The third-order valence-electron chi connectivity index (χ3n) is 4.03. The molecule has 0 N–H and O–H groups in total. The van der Waals surface area contributed by atoms with E-state index in [1.54, 1.807) is 30.3 Å². The Labute approximate surface area is 154 Å². The molecule has 0 bridgehead atoms. The minimum atomic E-state index is -0.684. The van der Waals surface area contributed by atoms with Gasteiger partial charge in [-0.15, -0.1) is 0 Å². The van der Waals surface area contributed by atoms with E-state index in [-0.39, 0.29) is 34.0 Å². The lowest BCUT2D eigenvalue weighted by atomic mass is 9.99. The highest BCUT2D eigenvalue weighted by Crippen LogP contribution is 2.36. The zero-order chi connectivity index (χ0) is 18.7. The van der Waals surface area contributed by atoms with Gasteiger partial charge in [0.15, 0.2) is 23.7 Å². The summed E-state index contributed by atoms with van der Waals surface area (Å²) in [5.74, 6) is -1.10. The Morgan fingerprint density at radius 2 is 1.81 bits per heavy atom. The molecule has 0 aliphatic carbocycles. The van der Waals surface area contributed by atoms with Crippen LogP contribution in [0.2, 0.25) is 5.02 Å². The maximum Gasteiger partial charge on any atom is 0.172 e. The third kappa shape index (κ3) is 3.30. The molecule has 1 heterocycles. The summed E-state index contributed by atoms with van der Waals surface area (Å²) in [4.78, 5) is 14.9. The van der Waals surface area contributed by atoms with Gasteiger partial charge < -0.3 is 4.74 Å². The molecule has 0 aliphatic heterocycles. The Bertz CT molecular complexity index is 976. The number of ether oxygens (including phenoxy) is 1. The van der Waals surface area contributed by atoms with Crippen molar-refractivity contribution < 1.29 is 18.3 Å². The van der Waals surface area contributed by atoms with Crippen LogP contribution in [0.15, 0.2) is 48.7 Å². The average Bonchev–Trinajstić information content (AvgIpc) is 2.65. The molecule has 0 fully saturated rings. The fraction of sp³-hybridized carbons (Fsp3) is 0.100. The highest BCUT2D eigenvalue weighted by atomic mass is 35.5. The van der Waals surface area contributed by atoms with E-state index in [0.29, 0.717) is 17.4 Å². The molecule has 0 spiro atoms. The molecule has 132 valence electrons. The number of hydrogen-bond acceptors (Lipinski definition) is 3. The monoisotopic (exact) mass is 373 g/mol. The standard InChI is InChI=1S/C20H14ClF2NO2/c1-26-17-7-3-6-15(20(17)23)14-5-2-4-12(18(14)21)10-16-19(22)13(11-25)8-9-24-16/h2-9,11H,10H2,1H3. The first-order valence-corrected chi connectivity index (χ1v) is 8.13. The number of methoxy groups -OCH3 is 1. The van der Waals surface area contributed by atoms with Crippen molar-refractivity contribution >= 4 is 17.9 Å². The number of carbonyl (C=O) groups excluding carboxylic acids is 1. The molecule has 3 nitrogen and oxygen atoms in total. The number of benzene rings is 2. The molecule has 6 heteroatoms. The van der Waals surface area contributed by atoms with E-state index < -0.39 is 11.6 Å². The molecule has 26 heavy (non-hydrogen) atoms. The first-order chi connectivity index (χ1) is 12.6. The first kappa shape index (κ1) is 18.0. The second-order valence-corrected chi connectivity index (χ2v) is 5.93. The van der Waals surface area contributed by atoms with Crippen molar-refractivity contribution in [1.29, 1.82) is 0 Å². The Kier molecular flexibility index (Phi) is 5.28. The molecule has 0 saturated heterocycles. The Hall–Kier alpha value is -2.79. The summed E-state index contributed by atoms with van der Waals surface area (Å²) in [6.45, 7) is 0. The SMILES string of the molecule is COc1cccc(-c2cccc(Cc3nccc(C=O)c3F)c2Cl)c1F. The van der Waals surface area contributed by atoms with Gasteiger partial charge in [0.05, 0.1) is 23.4 Å². The van der Waals surface area contributed by atoms with Crippen LogP contribution in [-0.2, 0) is 6.42 Å². The van der Waals surface area contributed by atoms with Crippen LogP contribution in [0.4, 0.5) is 8.78 Å². The molecule has 0 saturated carbocycles.